The van der Waals surface area contributed by atoms with Gasteiger partial charge in [0.1, 0.15) is 0 Å². The van der Waals surface area contributed by atoms with Crippen molar-refractivity contribution in [2.24, 2.45) is 0 Å². The van der Waals surface area contributed by atoms with Gasteiger partial charge in [0.25, 0.3) is 5.91 Å². The van der Waals surface area contributed by atoms with E-state index in [9.17, 15) is 4.79 Å². The summed E-state index contributed by atoms with van der Waals surface area (Å²) in [6.07, 6.45) is 1.46. The maximum absolute atomic E-state index is 11.8. The van der Waals surface area contributed by atoms with Crippen molar-refractivity contribution in [3.63, 3.8) is 0 Å². The Labute approximate surface area is 113 Å². The number of carbonyl (C=O) groups is 1. The first-order valence-electron chi connectivity index (χ1n) is 5.73. The molecule has 0 radical (unpaired) electrons. The predicted molar refractivity (Wildman–Crippen MR) is 73.6 cm³/mol. The molecule has 0 atom stereocenters. The molecular formula is C13H11N3O2S. The lowest BCUT2D eigenvalue weighted by molar-refractivity contribution is 0.0996. The fourth-order valence-electron chi connectivity index (χ4n) is 1.84. The minimum atomic E-state index is -0.307. The summed E-state index contributed by atoms with van der Waals surface area (Å²) in [6.45, 7) is 3.93. The molecule has 0 bridgehead atoms. The van der Waals surface area contributed by atoms with Crippen LogP contribution in [0.2, 0.25) is 0 Å². The van der Waals surface area contributed by atoms with Gasteiger partial charge in [0.2, 0.25) is 0 Å². The standard InChI is InChI=1S/C13H11N3O2S/c1-7-6-8(2)14-11-10(7)19-13(15-11)16-12(17)9-4-3-5-18-9/h3-6H,1-2H3,(H,14,15,16,17). The predicted octanol–water partition coefficient (Wildman–Crippen LogP) is 3.15. The zero-order chi connectivity index (χ0) is 13.4. The van der Waals surface area contributed by atoms with Gasteiger partial charge in [0, 0.05) is 5.69 Å². The second-order valence-electron chi connectivity index (χ2n) is 4.18. The Kier molecular flexibility index (Phi) is 2.79. The number of aromatic nitrogens is 2. The van der Waals surface area contributed by atoms with E-state index in [0.29, 0.717) is 10.8 Å². The molecule has 3 heterocycles. The maximum atomic E-state index is 11.8. The number of nitrogens with one attached hydrogen (secondary N) is 1. The Morgan fingerprint density at radius 3 is 2.95 bits per heavy atom. The third-order valence-electron chi connectivity index (χ3n) is 2.64. The molecule has 1 amide bonds. The second-order valence-corrected chi connectivity index (χ2v) is 5.18. The molecule has 0 spiro atoms. The number of aryl methyl sites for hydroxylation is 2. The van der Waals surface area contributed by atoms with E-state index in [2.05, 4.69) is 15.3 Å². The van der Waals surface area contributed by atoms with Gasteiger partial charge in [-0.2, -0.15) is 4.98 Å². The van der Waals surface area contributed by atoms with E-state index in [1.165, 1.54) is 17.6 Å². The van der Waals surface area contributed by atoms with E-state index >= 15 is 0 Å². The molecule has 0 aliphatic heterocycles. The minimum absolute atomic E-state index is 0.264. The maximum Gasteiger partial charge on any atom is 0.293 e. The lowest BCUT2D eigenvalue weighted by atomic mass is 10.2. The molecule has 0 aliphatic rings. The van der Waals surface area contributed by atoms with Crippen molar-refractivity contribution in [1.29, 1.82) is 0 Å². The van der Waals surface area contributed by atoms with Crippen LogP contribution in [-0.4, -0.2) is 15.9 Å². The van der Waals surface area contributed by atoms with Crippen LogP contribution in [0.15, 0.2) is 28.9 Å². The highest BCUT2D eigenvalue weighted by Gasteiger charge is 2.13. The van der Waals surface area contributed by atoms with Crippen LogP contribution in [0.4, 0.5) is 5.13 Å². The second kappa shape index (κ2) is 4.47. The number of carbonyl (C=O) groups excluding carboxylic acids is 1. The number of nitrogens with zero attached hydrogens (tertiary/aromatic N) is 2. The van der Waals surface area contributed by atoms with Gasteiger partial charge in [-0.05, 0) is 37.6 Å². The van der Waals surface area contributed by atoms with E-state index in [1.807, 2.05) is 19.9 Å². The molecule has 0 saturated heterocycles. The third kappa shape index (κ3) is 2.22. The zero-order valence-corrected chi connectivity index (χ0v) is 11.2. The molecule has 0 aromatic carbocycles. The van der Waals surface area contributed by atoms with Gasteiger partial charge < -0.3 is 4.42 Å². The molecule has 1 N–H and O–H groups in total. The highest BCUT2D eigenvalue weighted by atomic mass is 32.1. The fraction of sp³-hybridized carbons (Fsp3) is 0.154. The molecule has 5 nitrogen and oxygen atoms in total. The Morgan fingerprint density at radius 2 is 2.21 bits per heavy atom. The Morgan fingerprint density at radius 1 is 1.37 bits per heavy atom. The normalized spacial score (nSPS) is 10.8. The summed E-state index contributed by atoms with van der Waals surface area (Å²) in [5, 5.41) is 3.24. The van der Waals surface area contributed by atoms with Gasteiger partial charge in [-0.25, -0.2) is 4.98 Å². The van der Waals surface area contributed by atoms with E-state index in [0.717, 1.165) is 16.0 Å². The van der Waals surface area contributed by atoms with Crippen LogP contribution in [-0.2, 0) is 0 Å². The average Bonchev–Trinajstić information content (AvgIpc) is 2.96. The summed E-state index contributed by atoms with van der Waals surface area (Å²) in [5.74, 6) is -0.0430. The van der Waals surface area contributed by atoms with Crippen molar-refractivity contribution in [3.05, 3.63) is 41.5 Å². The number of thiazole rings is 1. The lowest BCUT2D eigenvalue weighted by Gasteiger charge is -1.96. The SMILES string of the molecule is Cc1cc(C)c2sc(NC(=O)c3ccco3)nc2n1. The first-order chi connectivity index (χ1) is 9.13. The van der Waals surface area contributed by atoms with E-state index in [-0.39, 0.29) is 11.7 Å². The summed E-state index contributed by atoms with van der Waals surface area (Å²) in [4.78, 5) is 20.5. The molecule has 0 unspecified atom stereocenters. The van der Waals surface area contributed by atoms with Gasteiger partial charge >= 0.3 is 0 Å². The van der Waals surface area contributed by atoms with Crippen molar-refractivity contribution in [3.8, 4) is 0 Å². The molecule has 3 rings (SSSR count). The number of furan rings is 1. The van der Waals surface area contributed by atoms with E-state index in [1.54, 1.807) is 12.1 Å². The van der Waals surface area contributed by atoms with Crippen molar-refractivity contribution < 1.29 is 9.21 Å². The van der Waals surface area contributed by atoms with Crippen LogP contribution < -0.4 is 5.32 Å². The molecule has 6 heteroatoms. The molecular weight excluding hydrogens is 262 g/mol. The minimum Gasteiger partial charge on any atom is -0.459 e. The van der Waals surface area contributed by atoms with Crippen molar-refractivity contribution >= 4 is 32.7 Å². The van der Waals surface area contributed by atoms with Crippen LogP contribution in [0.5, 0.6) is 0 Å². The monoisotopic (exact) mass is 273 g/mol. The summed E-state index contributed by atoms with van der Waals surface area (Å²) in [7, 11) is 0. The van der Waals surface area contributed by atoms with Crippen LogP contribution in [0.3, 0.4) is 0 Å². The fourth-order valence-corrected chi connectivity index (χ4v) is 2.71. The van der Waals surface area contributed by atoms with Crippen molar-refractivity contribution in [1.82, 2.24) is 9.97 Å². The molecule has 0 saturated carbocycles. The largest absolute Gasteiger partial charge is 0.459 e. The highest BCUT2D eigenvalue weighted by molar-refractivity contribution is 7.22. The number of fused-ring (bicyclic) bond motifs is 1. The Bertz CT molecular complexity index is 747. The summed E-state index contributed by atoms with van der Waals surface area (Å²) in [5.41, 5.74) is 2.69. The Hall–Kier alpha value is -2.21. The topological polar surface area (TPSA) is 68.0 Å². The first-order valence-corrected chi connectivity index (χ1v) is 6.55. The summed E-state index contributed by atoms with van der Waals surface area (Å²) < 4.78 is 6.02. The van der Waals surface area contributed by atoms with Crippen molar-refractivity contribution in [2.75, 3.05) is 5.32 Å². The lowest BCUT2D eigenvalue weighted by Crippen LogP contribution is -2.10. The highest BCUT2D eigenvalue weighted by Crippen LogP contribution is 2.28. The molecule has 19 heavy (non-hydrogen) atoms. The van der Waals surface area contributed by atoms with Crippen LogP contribution in [0.1, 0.15) is 21.8 Å². The molecule has 3 aromatic rings. The van der Waals surface area contributed by atoms with E-state index in [4.69, 9.17) is 4.42 Å². The summed E-state index contributed by atoms with van der Waals surface area (Å²) >= 11 is 1.41. The van der Waals surface area contributed by atoms with Gasteiger partial charge in [-0.3, -0.25) is 10.1 Å². The number of hydrogen-bond acceptors (Lipinski definition) is 5. The molecule has 0 aliphatic carbocycles. The van der Waals surface area contributed by atoms with Crippen LogP contribution in [0, 0.1) is 13.8 Å². The van der Waals surface area contributed by atoms with Crippen LogP contribution in [0.25, 0.3) is 10.3 Å². The van der Waals surface area contributed by atoms with Gasteiger partial charge in [0.15, 0.2) is 16.5 Å². The van der Waals surface area contributed by atoms with E-state index < -0.39 is 0 Å². The number of pyridine rings is 1. The number of amides is 1. The van der Waals surface area contributed by atoms with Gasteiger partial charge in [-0.1, -0.05) is 11.3 Å². The van der Waals surface area contributed by atoms with Crippen molar-refractivity contribution in [2.45, 2.75) is 13.8 Å². The average molecular weight is 273 g/mol. The van der Waals surface area contributed by atoms with Crippen LogP contribution >= 0.6 is 11.3 Å². The molecule has 3 aromatic heterocycles. The van der Waals surface area contributed by atoms with Gasteiger partial charge in [-0.15, -0.1) is 0 Å². The Balaban J connectivity index is 1.94. The molecule has 96 valence electrons. The van der Waals surface area contributed by atoms with Gasteiger partial charge in [0.05, 0.1) is 11.0 Å². The quantitative estimate of drug-likeness (QED) is 0.778. The zero-order valence-electron chi connectivity index (χ0n) is 10.4. The number of rotatable bonds is 2. The summed E-state index contributed by atoms with van der Waals surface area (Å²) in [6, 6.07) is 5.28. The smallest absolute Gasteiger partial charge is 0.293 e. The number of anilines is 1. The third-order valence-corrected chi connectivity index (χ3v) is 3.74. The first kappa shape index (κ1) is 11.9. The molecule has 0 fully saturated rings. The number of hydrogen-bond donors (Lipinski definition) is 1.